The summed E-state index contributed by atoms with van der Waals surface area (Å²) in [7, 11) is 0. The number of aliphatic hydroxyl groups excluding tert-OH is 1. The van der Waals surface area contributed by atoms with E-state index in [1.165, 1.54) is 0 Å². The molecule has 0 fully saturated rings. The average molecular weight is 291 g/mol. The zero-order valence-corrected chi connectivity index (χ0v) is 13.2. The molecule has 1 aromatic heterocycles. The molecule has 3 N–H and O–H groups in total. The smallest absolute Gasteiger partial charge is 0.130 e. The number of rotatable bonds is 6. The molecule has 1 atom stereocenters. The van der Waals surface area contributed by atoms with Gasteiger partial charge >= 0.3 is 0 Å². The Morgan fingerprint density at radius 3 is 2.86 bits per heavy atom. The van der Waals surface area contributed by atoms with Crippen molar-refractivity contribution in [2.75, 3.05) is 19.7 Å². The number of H-pyrrole nitrogens is 1. The van der Waals surface area contributed by atoms with Crippen LogP contribution in [0.3, 0.4) is 0 Å². The van der Waals surface area contributed by atoms with Gasteiger partial charge in [-0.15, -0.1) is 0 Å². The van der Waals surface area contributed by atoms with Gasteiger partial charge in [0.1, 0.15) is 18.5 Å². The molecule has 1 aromatic carbocycles. The normalized spacial score (nSPS) is 13.6. The highest BCUT2D eigenvalue weighted by molar-refractivity contribution is 5.87. The Labute approximate surface area is 125 Å². The van der Waals surface area contributed by atoms with E-state index in [-0.39, 0.29) is 12.0 Å². The van der Waals surface area contributed by atoms with Crippen LogP contribution in [0.2, 0.25) is 0 Å². The maximum atomic E-state index is 9.99. The number of hydrogen-bond donors (Lipinski definition) is 3. The van der Waals surface area contributed by atoms with Gasteiger partial charge in [-0.2, -0.15) is 5.10 Å². The van der Waals surface area contributed by atoms with Gasteiger partial charge in [-0.3, -0.25) is 5.10 Å². The molecule has 0 saturated heterocycles. The summed E-state index contributed by atoms with van der Waals surface area (Å²) in [6, 6.07) is 5.75. The van der Waals surface area contributed by atoms with E-state index in [0.717, 1.165) is 28.9 Å². The number of nitrogens with zero attached hydrogens (tertiary/aromatic N) is 1. The molecule has 0 radical (unpaired) electrons. The fraction of sp³-hybridized carbons (Fsp3) is 0.562. The quantitative estimate of drug-likeness (QED) is 0.763. The molecule has 0 amide bonds. The van der Waals surface area contributed by atoms with Gasteiger partial charge in [0.05, 0.1) is 10.9 Å². The lowest BCUT2D eigenvalue weighted by Gasteiger charge is -2.20. The van der Waals surface area contributed by atoms with Crippen molar-refractivity contribution in [3.8, 4) is 5.75 Å². The third-order valence-corrected chi connectivity index (χ3v) is 3.19. The van der Waals surface area contributed by atoms with Crippen molar-refractivity contribution < 1.29 is 9.84 Å². The molecule has 0 bridgehead atoms. The van der Waals surface area contributed by atoms with Crippen LogP contribution in [0.15, 0.2) is 18.2 Å². The maximum Gasteiger partial charge on any atom is 0.130 e. The molecule has 5 heteroatoms. The van der Waals surface area contributed by atoms with Crippen molar-refractivity contribution in [2.45, 2.75) is 33.8 Å². The van der Waals surface area contributed by atoms with E-state index in [0.29, 0.717) is 6.54 Å². The van der Waals surface area contributed by atoms with Gasteiger partial charge in [-0.1, -0.05) is 26.8 Å². The molecule has 0 aliphatic rings. The van der Waals surface area contributed by atoms with Crippen LogP contribution in [-0.4, -0.2) is 41.1 Å². The minimum absolute atomic E-state index is 0.208. The van der Waals surface area contributed by atoms with Crippen molar-refractivity contribution in [3.05, 3.63) is 23.9 Å². The Balaban J connectivity index is 1.88. The summed E-state index contributed by atoms with van der Waals surface area (Å²) in [4.78, 5) is 0. The highest BCUT2D eigenvalue weighted by Crippen LogP contribution is 2.26. The van der Waals surface area contributed by atoms with E-state index in [1.807, 2.05) is 25.1 Å². The Morgan fingerprint density at radius 2 is 2.14 bits per heavy atom. The van der Waals surface area contributed by atoms with Gasteiger partial charge in [0, 0.05) is 18.8 Å². The number of fused-ring (bicyclic) bond motifs is 1. The van der Waals surface area contributed by atoms with E-state index >= 15 is 0 Å². The van der Waals surface area contributed by atoms with Crippen LogP contribution in [0.5, 0.6) is 5.75 Å². The third kappa shape index (κ3) is 4.44. The van der Waals surface area contributed by atoms with Gasteiger partial charge in [0.15, 0.2) is 0 Å². The Hall–Kier alpha value is -1.59. The van der Waals surface area contributed by atoms with Crippen LogP contribution < -0.4 is 10.1 Å². The van der Waals surface area contributed by atoms with Crippen LogP contribution in [0.25, 0.3) is 10.9 Å². The van der Waals surface area contributed by atoms with Gasteiger partial charge in [-0.25, -0.2) is 0 Å². The SMILES string of the molecule is Cc1[nH]nc2cccc(OC[C@@H](O)CNCC(C)(C)C)c12. The molecule has 0 aliphatic carbocycles. The van der Waals surface area contributed by atoms with Crippen molar-refractivity contribution in [2.24, 2.45) is 5.41 Å². The van der Waals surface area contributed by atoms with Crippen molar-refractivity contribution >= 4 is 10.9 Å². The lowest BCUT2D eigenvalue weighted by molar-refractivity contribution is 0.105. The average Bonchev–Trinajstić information content (AvgIpc) is 2.77. The minimum atomic E-state index is -0.533. The summed E-state index contributed by atoms with van der Waals surface area (Å²) in [5, 5.41) is 21.4. The minimum Gasteiger partial charge on any atom is -0.490 e. The number of aliphatic hydroxyl groups is 1. The van der Waals surface area contributed by atoms with E-state index in [9.17, 15) is 5.11 Å². The number of benzene rings is 1. The number of ether oxygens (including phenoxy) is 1. The molecular weight excluding hydrogens is 266 g/mol. The molecule has 0 saturated carbocycles. The van der Waals surface area contributed by atoms with E-state index in [4.69, 9.17) is 4.74 Å². The number of aromatic nitrogens is 2. The first-order chi connectivity index (χ1) is 9.87. The van der Waals surface area contributed by atoms with Gasteiger partial charge in [-0.05, 0) is 24.5 Å². The fourth-order valence-corrected chi connectivity index (χ4v) is 2.17. The first kappa shape index (κ1) is 15.8. The summed E-state index contributed by atoms with van der Waals surface area (Å²) in [6.07, 6.45) is -0.533. The molecule has 5 nitrogen and oxygen atoms in total. The van der Waals surface area contributed by atoms with Gasteiger partial charge in [0.2, 0.25) is 0 Å². The molecule has 1 heterocycles. The molecule has 2 aromatic rings. The predicted octanol–water partition coefficient (Wildman–Crippen LogP) is 2.25. The van der Waals surface area contributed by atoms with Gasteiger partial charge < -0.3 is 15.2 Å². The molecule has 21 heavy (non-hydrogen) atoms. The van der Waals surface area contributed by atoms with Crippen LogP contribution >= 0.6 is 0 Å². The molecule has 0 aliphatic heterocycles. The summed E-state index contributed by atoms with van der Waals surface area (Å²) in [5.74, 6) is 0.758. The number of nitrogens with one attached hydrogen (secondary N) is 2. The van der Waals surface area contributed by atoms with Crippen LogP contribution in [0, 0.1) is 12.3 Å². The lowest BCUT2D eigenvalue weighted by atomic mass is 9.97. The Kier molecular flexibility index (Phi) is 4.85. The number of hydrogen-bond acceptors (Lipinski definition) is 4. The fourth-order valence-electron chi connectivity index (χ4n) is 2.17. The zero-order chi connectivity index (χ0) is 15.5. The molecule has 0 unspecified atom stereocenters. The Bertz CT molecular complexity index is 587. The summed E-state index contributed by atoms with van der Waals surface area (Å²) in [5.41, 5.74) is 2.06. The monoisotopic (exact) mass is 291 g/mol. The first-order valence-corrected chi connectivity index (χ1v) is 7.32. The maximum absolute atomic E-state index is 9.99. The summed E-state index contributed by atoms with van der Waals surface area (Å²) < 4.78 is 5.75. The van der Waals surface area contributed by atoms with Crippen molar-refractivity contribution in [1.82, 2.24) is 15.5 Å². The Morgan fingerprint density at radius 1 is 1.38 bits per heavy atom. The molecular formula is C16H25N3O2. The molecule has 116 valence electrons. The first-order valence-electron chi connectivity index (χ1n) is 7.32. The van der Waals surface area contributed by atoms with Crippen LogP contribution in [0.1, 0.15) is 26.5 Å². The predicted molar refractivity (Wildman–Crippen MR) is 84.7 cm³/mol. The second-order valence-corrected chi connectivity index (χ2v) is 6.66. The third-order valence-electron chi connectivity index (χ3n) is 3.19. The zero-order valence-electron chi connectivity index (χ0n) is 13.2. The van der Waals surface area contributed by atoms with Crippen molar-refractivity contribution in [1.29, 1.82) is 0 Å². The number of aromatic amines is 1. The highest BCUT2D eigenvalue weighted by atomic mass is 16.5. The summed E-state index contributed by atoms with van der Waals surface area (Å²) >= 11 is 0. The van der Waals surface area contributed by atoms with Gasteiger partial charge in [0.25, 0.3) is 0 Å². The lowest BCUT2D eigenvalue weighted by Crippen LogP contribution is -2.36. The largest absolute Gasteiger partial charge is 0.490 e. The highest BCUT2D eigenvalue weighted by Gasteiger charge is 2.13. The summed E-state index contributed by atoms with van der Waals surface area (Å²) in [6.45, 7) is 10.1. The molecule has 0 spiro atoms. The topological polar surface area (TPSA) is 70.2 Å². The van der Waals surface area contributed by atoms with E-state index < -0.39 is 6.10 Å². The van der Waals surface area contributed by atoms with Crippen molar-refractivity contribution in [3.63, 3.8) is 0 Å². The number of aryl methyl sites for hydroxylation is 1. The standard InChI is InChI=1S/C16H25N3O2/c1-11-15-13(19-18-11)6-5-7-14(15)21-9-12(20)8-17-10-16(2,3)4/h5-7,12,17,20H,8-10H2,1-4H3,(H,18,19)/t12-/m0/s1. The van der Waals surface area contributed by atoms with Crippen LogP contribution in [-0.2, 0) is 0 Å². The second-order valence-electron chi connectivity index (χ2n) is 6.66. The van der Waals surface area contributed by atoms with E-state index in [2.05, 4.69) is 36.3 Å². The van der Waals surface area contributed by atoms with Crippen LogP contribution in [0.4, 0.5) is 0 Å². The second kappa shape index (κ2) is 6.45. The van der Waals surface area contributed by atoms with E-state index in [1.54, 1.807) is 0 Å². The molecule has 2 rings (SSSR count).